The number of alkyl halides is 3. The van der Waals surface area contributed by atoms with Gasteiger partial charge in [0.25, 0.3) is 5.91 Å². The van der Waals surface area contributed by atoms with Crippen LogP contribution < -0.4 is 14.8 Å². The van der Waals surface area contributed by atoms with E-state index in [2.05, 4.69) is 10.3 Å². The van der Waals surface area contributed by atoms with Gasteiger partial charge in [-0.2, -0.15) is 13.2 Å². The molecule has 0 aliphatic carbocycles. The van der Waals surface area contributed by atoms with Crippen LogP contribution in [0.5, 0.6) is 11.5 Å². The van der Waals surface area contributed by atoms with E-state index in [1.165, 1.54) is 30.6 Å². The number of thiazole rings is 1. The number of rotatable bonds is 10. The summed E-state index contributed by atoms with van der Waals surface area (Å²) in [6.45, 7) is -0.461. The number of nitrogens with zero attached hydrogens (tertiary/aromatic N) is 1. The molecular formula is C28H23F3N2O5S. The van der Waals surface area contributed by atoms with Gasteiger partial charge in [0.05, 0.1) is 22.9 Å². The minimum atomic E-state index is -4.53. The minimum Gasteiger partial charge on any atom is -0.493 e. The molecular weight excluding hydrogens is 533 g/mol. The Morgan fingerprint density at radius 2 is 1.82 bits per heavy atom. The first-order valence-corrected chi connectivity index (χ1v) is 12.5. The van der Waals surface area contributed by atoms with Crippen molar-refractivity contribution >= 4 is 50.8 Å². The fourth-order valence-electron chi connectivity index (χ4n) is 3.70. The van der Waals surface area contributed by atoms with Crippen LogP contribution in [-0.2, 0) is 15.8 Å². The number of hydrogen-bond donors (Lipinski definition) is 2. The number of hydrogen-bond acceptors (Lipinski definition) is 6. The van der Waals surface area contributed by atoms with Crippen LogP contribution in [0.2, 0.25) is 0 Å². The van der Waals surface area contributed by atoms with Crippen LogP contribution in [0.3, 0.4) is 0 Å². The van der Waals surface area contributed by atoms with Crippen LogP contribution in [0.1, 0.15) is 29.0 Å². The van der Waals surface area contributed by atoms with Gasteiger partial charge in [0.1, 0.15) is 5.01 Å². The Labute approximate surface area is 225 Å². The Bertz CT molecular complexity index is 1500. The number of halogens is 3. The zero-order valence-electron chi connectivity index (χ0n) is 20.6. The summed E-state index contributed by atoms with van der Waals surface area (Å²) in [7, 11) is 1.43. The number of aliphatic carboxylic acids is 1. The molecule has 0 saturated heterocycles. The summed E-state index contributed by atoms with van der Waals surface area (Å²) in [4.78, 5) is 28.2. The number of allylic oxidation sites excluding steroid dienone is 1. The number of carbonyl (C=O) groups is 2. The molecule has 39 heavy (non-hydrogen) atoms. The molecule has 0 fully saturated rings. The van der Waals surface area contributed by atoms with Crippen molar-refractivity contribution in [1.29, 1.82) is 0 Å². The Balaban J connectivity index is 1.50. The van der Waals surface area contributed by atoms with E-state index in [-0.39, 0.29) is 24.3 Å². The van der Waals surface area contributed by atoms with E-state index in [9.17, 15) is 27.9 Å². The molecule has 7 nitrogen and oxygen atoms in total. The van der Waals surface area contributed by atoms with E-state index >= 15 is 0 Å². The highest BCUT2D eigenvalue weighted by Gasteiger charge is 2.30. The largest absolute Gasteiger partial charge is 0.493 e. The molecule has 0 spiro atoms. The van der Waals surface area contributed by atoms with Gasteiger partial charge >= 0.3 is 12.1 Å². The summed E-state index contributed by atoms with van der Waals surface area (Å²) < 4.78 is 50.7. The first-order valence-electron chi connectivity index (χ1n) is 11.7. The van der Waals surface area contributed by atoms with Crippen molar-refractivity contribution < 1.29 is 37.3 Å². The van der Waals surface area contributed by atoms with Crippen molar-refractivity contribution in [3.63, 3.8) is 0 Å². The highest BCUT2D eigenvalue weighted by Crippen LogP contribution is 2.34. The molecule has 0 aliphatic rings. The molecule has 3 aromatic carbocycles. The molecule has 4 aromatic rings. The lowest BCUT2D eigenvalue weighted by atomic mass is 10.1. The monoisotopic (exact) mass is 556 g/mol. The normalized spacial score (nSPS) is 11.8. The van der Waals surface area contributed by atoms with E-state index in [1.807, 2.05) is 30.3 Å². The lowest BCUT2D eigenvalue weighted by Gasteiger charge is -2.13. The number of carboxylic acid groups (broad SMARTS) is 1. The van der Waals surface area contributed by atoms with Crippen molar-refractivity contribution in [2.45, 2.75) is 19.0 Å². The van der Waals surface area contributed by atoms with Crippen LogP contribution in [0, 0.1) is 0 Å². The van der Waals surface area contributed by atoms with Crippen molar-refractivity contribution in [3.8, 4) is 11.5 Å². The maximum atomic E-state index is 12.9. The Kier molecular flexibility index (Phi) is 8.50. The molecule has 0 aliphatic heterocycles. The second-order valence-corrected chi connectivity index (χ2v) is 9.41. The van der Waals surface area contributed by atoms with Crippen molar-refractivity contribution in [2.75, 3.05) is 19.0 Å². The van der Waals surface area contributed by atoms with Gasteiger partial charge < -0.3 is 19.9 Å². The average Bonchev–Trinajstić information content (AvgIpc) is 3.34. The summed E-state index contributed by atoms with van der Waals surface area (Å²) in [6, 6.07) is 16.9. The smallest absolute Gasteiger partial charge is 0.416 e. The Morgan fingerprint density at radius 1 is 1.03 bits per heavy atom. The van der Waals surface area contributed by atoms with E-state index in [0.717, 1.165) is 27.9 Å². The number of nitrogens with one attached hydrogen (secondary N) is 1. The molecule has 0 radical (unpaired) electrons. The number of carboxylic acids is 1. The number of carbonyl (C=O) groups excluding carboxylic acids is 1. The lowest BCUT2D eigenvalue weighted by Crippen LogP contribution is -2.20. The lowest BCUT2D eigenvalue weighted by molar-refractivity contribution is -0.138. The van der Waals surface area contributed by atoms with Gasteiger partial charge in [-0.15, -0.1) is 11.3 Å². The molecule has 202 valence electrons. The van der Waals surface area contributed by atoms with Gasteiger partial charge in [-0.3, -0.25) is 9.59 Å². The van der Waals surface area contributed by atoms with Gasteiger partial charge in [0.15, 0.2) is 18.1 Å². The zero-order valence-corrected chi connectivity index (χ0v) is 21.4. The number of aromatic nitrogens is 1. The topological polar surface area (TPSA) is 97.8 Å². The zero-order chi connectivity index (χ0) is 28.0. The number of para-hydroxylation sites is 1. The Morgan fingerprint density at radius 3 is 2.54 bits per heavy atom. The molecule has 11 heteroatoms. The molecule has 2 N–H and O–H groups in total. The average molecular weight is 557 g/mol. The summed E-state index contributed by atoms with van der Waals surface area (Å²) >= 11 is 1.47. The van der Waals surface area contributed by atoms with E-state index in [4.69, 9.17) is 9.47 Å². The third kappa shape index (κ3) is 7.35. The molecule has 1 heterocycles. The molecule has 4 rings (SSSR count). The molecule has 0 atom stereocenters. The maximum Gasteiger partial charge on any atom is 0.416 e. The van der Waals surface area contributed by atoms with Crippen molar-refractivity contribution in [3.05, 3.63) is 82.9 Å². The summed E-state index contributed by atoms with van der Waals surface area (Å²) in [5, 5.41) is 12.3. The van der Waals surface area contributed by atoms with Crippen molar-refractivity contribution in [1.82, 2.24) is 4.98 Å². The van der Waals surface area contributed by atoms with E-state index in [1.54, 1.807) is 18.2 Å². The number of benzene rings is 3. The van der Waals surface area contributed by atoms with Crippen LogP contribution in [0.15, 0.2) is 66.7 Å². The van der Waals surface area contributed by atoms with E-state index < -0.39 is 30.2 Å². The fourth-order valence-corrected chi connectivity index (χ4v) is 4.71. The van der Waals surface area contributed by atoms with Crippen molar-refractivity contribution in [2.24, 2.45) is 0 Å². The quantitative estimate of drug-likeness (QED) is 0.224. The summed E-state index contributed by atoms with van der Waals surface area (Å²) in [5.41, 5.74) is 1.39. The standard InChI is InChI=1S/C28H23F3N2O5S/c1-37-23-14-17(13-18(10-12-26(35)36)27-33-21-7-2-3-8-24(21)39-27)9-11-22(23)38-16-25(34)32-20-6-4-5-19(15-20)28(29,30)31/h2-9,11,13-15H,10,12,16H2,1H3,(H,32,34)(H,35,36)/b18-13-. The van der Waals surface area contributed by atoms with Gasteiger partial charge in [-0.1, -0.05) is 24.3 Å². The van der Waals surface area contributed by atoms with Gasteiger partial charge in [0.2, 0.25) is 0 Å². The maximum absolute atomic E-state index is 12.9. The summed E-state index contributed by atoms with van der Waals surface area (Å²) in [6.07, 6.45) is -2.50. The highest BCUT2D eigenvalue weighted by atomic mass is 32.1. The first-order chi connectivity index (χ1) is 18.6. The van der Waals surface area contributed by atoms with Gasteiger partial charge in [-0.05, 0) is 66.1 Å². The van der Waals surface area contributed by atoms with Crippen LogP contribution in [0.4, 0.5) is 18.9 Å². The molecule has 0 saturated carbocycles. The molecule has 0 unspecified atom stereocenters. The molecule has 0 bridgehead atoms. The molecule has 1 aromatic heterocycles. The van der Waals surface area contributed by atoms with Crippen LogP contribution in [-0.4, -0.2) is 35.7 Å². The number of anilines is 1. The SMILES string of the molecule is COc1cc(/C=C(/CCC(=O)O)c2nc3ccccc3s2)ccc1OCC(=O)Nc1cccc(C(F)(F)F)c1. The summed E-state index contributed by atoms with van der Waals surface area (Å²) in [5.74, 6) is -1.00. The predicted molar refractivity (Wildman–Crippen MR) is 143 cm³/mol. The Hall–Kier alpha value is -4.38. The number of methoxy groups -OCH3 is 1. The van der Waals surface area contributed by atoms with Crippen LogP contribution >= 0.6 is 11.3 Å². The second-order valence-electron chi connectivity index (χ2n) is 8.38. The molecule has 1 amide bonds. The van der Waals surface area contributed by atoms with Gasteiger partial charge in [-0.25, -0.2) is 4.98 Å². The third-order valence-electron chi connectivity index (χ3n) is 5.54. The highest BCUT2D eigenvalue weighted by molar-refractivity contribution is 7.19. The first kappa shape index (κ1) is 27.6. The predicted octanol–water partition coefficient (Wildman–Crippen LogP) is 6.75. The number of amides is 1. The van der Waals surface area contributed by atoms with E-state index in [0.29, 0.717) is 16.3 Å². The third-order valence-corrected chi connectivity index (χ3v) is 6.65. The van der Waals surface area contributed by atoms with Gasteiger partial charge in [0, 0.05) is 12.1 Å². The fraction of sp³-hybridized carbons (Fsp3) is 0.179. The number of ether oxygens (including phenoxy) is 2. The number of fused-ring (bicyclic) bond motifs is 1. The van der Waals surface area contributed by atoms with Crippen LogP contribution in [0.25, 0.3) is 21.9 Å². The minimum absolute atomic E-state index is 0.00499. The second kappa shape index (κ2) is 12.0.